The molecule has 5 rings (SSSR count). The molecular formula is C28H29NO2. The molecule has 3 aliphatic rings. The number of likely N-dealkylation sites (N-methyl/N-ethyl adjacent to an activating group) is 1. The summed E-state index contributed by atoms with van der Waals surface area (Å²) in [6.07, 6.45) is 12.4. The quantitative estimate of drug-likeness (QED) is 0.544. The number of nitrogens with zero attached hydrogens (tertiary/aromatic N) is 1. The van der Waals surface area contributed by atoms with Gasteiger partial charge in [0.05, 0.1) is 5.41 Å². The number of hydrogen-bond donors (Lipinski definition) is 0. The number of fused-ring (bicyclic) bond motifs is 2. The highest BCUT2D eigenvalue weighted by molar-refractivity contribution is 6.11. The number of hydrogen-bond acceptors (Lipinski definition) is 3. The van der Waals surface area contributed by atoms with Crippen LogP contribution in [0.1, 0.15) is 59.3 Å². The molecule has 158 valence electrons. The summed E-state index contributed by atoms with van der Waals surface area (Å²) in [7, 11) is 2.08. The Labute approximate surface area is 184 Å². The minimum atomic E-state index is -0.645. The number of benzene rings is 2. The molecular weight excluding hydrogens is 382 g/mol. The zero-order valence-electron chi connectivity index (χ0n) is 19.0. The van der Waals surface area contributed by atoms with Crippen molar-refractivity contribution in [3.8, 4) is 5.75 Å². The summed E-state index contributed by atoms with van der Waals surface area (Å²) < 4.78 is 6.82. The molecule has 1 atom stereocenters. The Kier molecular flexibility index (Phi) is 4.30. The second-order valence-corrected chi connectivity index (χ2v) is 9.52. The fourth-order valence-electron chi connectivity index (χ4n) is 5.37. The Morgan fingerprint density at radius 2 is 1.87 bits per heavy atom. The Bertz CT molecular complexity index is 1200. The van der Waals surface area contributed by atoms with Crippen molar-refractivity contribution in [3.63, 3.8) is 0 Å². The minimum absolute atomic E-state index is 0.0925. The first-order valence-electron chi connectivity index (χ1n) is 11.0. The van der Waals surface area contributed by atoms with Crippen LogP contribution in [0, 0.1) is 13.8 Å². The predicted molar refractivity (Wildman–Crippen MR) is 127 cm³/mol. The standard InChI is InChI=1S/C28H29NO2/c1-18-15-19(2)26-22(16-18)13-14-28(31-26)27(3,4)23-17-21(11-12-24(23)29(28)5)25(30)20-9-7-6-8-10-20/h7,9-17H,6,8H2,1-5H3. The van der Waals surface area contributed by atoms with Crippen molar-refractivity contribution in [1.29, 1.82) is 0 Å². The van der Waals surface area contributed by atoms with E-state index in [1.807, 2.05) is 18.2 Å². The fourth-order valence-corrected chi connectivity index (χ4v) is 5.37. The van der Waals surface area contributed by atoms with Crippen molar-refractivity contribution < 1.29 is 9.53 Å². The summed E-state index contributed by atoms with van der Waals surface area (Å²) in [5, 5.41) is 0. The van der Waals surface area contributed by atoms with Crippen molar-refractivity contribution in [2.45, 2.75) is 51.7 Å². The number of ether oxygens (including phenoxy) is 1. The van der Waals surface area contributed by atoms with E-state index in [2.05, 4.69) is 82.1 Å². The number of carbonyl (C=O) groups is 1. The van der Waals surface area contributed by atoms with Gasteiger partial charge in [-0.25, -0.2) is 0 Å². The third-order valence-corrected chi connectivity index (χ3v) is 7.14. The molecule has 1 spiro atoms. The van der Waals surface area contributed by atoms with Gasteiger partial charge in [0.15, 0.2) is 5.78 Å². The number of Topliss-reactive ketones (excluding diaryl/α,β-unsaturated/α-hetero) is 1. The first-order chi connectivity index (χ1) is 14.7. The van der Waals surface area contributed by atoms with Gasteiger partial charge in [0, 0.05) is 29.4 Å². The Morgan fingerprint density at radius 1 is 1.06 bits per heavy atom. The topological polar surface area (TPSA) is 29.5 Å². The van der Waals surface area contributed by atoms with Crippen LogP contribution in [-0.2, 0) is 5.41 Å². The van der Waals surface area contributed by atoms with Gasteiger partial charge in [-0.05, 0) is 88.1 Å². The molecule has 0 fully saturated rings. The maximum Gasteiger partial charge on any atom is 0.211 e. The van der Waals surface area contributed by atoms with Crippen molar-refractivity contribution in [3.05, 3.63) is 88.0 Å². The summed E-state index contributed by atoms with van der Waals surface area (Å²) >= 11 is 0. The lowest BCUT2D eigenvalue weighted by atomic mass is 9.75. The average Bonchev–Trinajstić information content (AvgIpc) is 2.92. The van der Waals surface area contributed by atoms with Gasteiger partial charge in [-0.3, -0.25) is 4.79 Å². The van der Waals surface area contributed by atoms with E-state index in [1.54, 1.807) is 0 Å². The van der Waals surface area contributed by atoms with Gasteiger partial charge in [-0.15, -0.1) is 0 Å². The van der Waals surface area contributed by atoms with Crippen LogP contribution < -0.4 is 9.64 Å². The van der Waals surface area contributed by atoms with Crippen LogP contribution in [0.3, 0.4) is 0 Å². The minimum Gasteiger partial charge on any atom is -0.463 e. The third kappa shape index (κ3) is 2.76. The van der Waals surface area contributed by atoms with Gasteiger partial charge in [0.2, 0.25) is 5.72 Å². The normalized spacial score (nSPS) is 22.7. The number of ketones is 1. The summed E-state index contributed by atoms with van der Waals surface area (Å²) in [6, 6.07) is 10.4. The second kappa shape index (κ2) is 6.71. The molecule has 2 heterocycles. The molecule has 1 aliphatic carbocycles. The number of anilines is 1. The predicted octanol–water partition coefficient (Wildman–Crippen LogP) is 6.29. The summed E-state index contributed by atoms with van der Waals surface area (Å²) in [6.45, 7) is 8.64. The summed E-state index contributed by atoms with van der Waals surface area (Å²) in [4.78, 5) is 15.3. The zero-order valence-corrected chi connectivity index (χ0v) is 19.0. The van der Waals surface area contributed by atoms with E-state index < -0.39 is 5.72 Å². The Hall–Kier alpha value is -3.07. The molecule has 0 aromatic heterocycles. The molecule has 2 aromatic carbocycles. The Morgan fingerprint density at radius 3 is 2.61 bits per heavy atom. The molecule has 3 heteroatoms. The monoisotopic (exact) mass is 411 g/mol. The molecule has 2 aromatic rings. The summed E-state index contributed by atoms with van der Waals surface area (Å²) in [5.74, 6) is 1.03. The molecule has 0 saturated heterocycles. The first-order valence-corrected chi connectivity index (χ1v) is 11.0. The van der Waals surface area contributed by atoms with Gasteiger partial charge < -0.3 is 9.64 Å². The van der Waals surface area contributed by atoms with E-state index in [-0.39, 0.29) is 11.2 Å². The number of allylic oxidation sites excluding steroid dienone is 4. The molecule has 0 N–H and O–H groups in total. The van der Waals surface area contributed by atoms with Crippen LogP contribution in [0.25, 0.3) is 6.08 Å². The second-order valence-electron chi connectivity index (χ2n) is 9.52. The lowest BCUT2D eigenvalue weighted by Crippen LogP contribution is -2.58. The van der Waals surface area contributed by atoms with Gasteiger partial charge >= 0.3 is 0 Å². The van der Waals surface area contributed by atoms with E-state index >= 15 is 0 Å². The van der Waals surface area contributed by atoms with Crippen LogP contribution in [-0.4, -0.2) is 18.6 Å². The smallest absolute Gasteiger partial charge is 0.211 e. The average molecular weight is 412 g/mol. The van der Waals surface area contributed by atoms with Crippen LogP contribution in [0.5, 0.6) is 5.75 Å². The molecule has 0 saturated carbocycles. The van der Waals surface area contributed by atoms with Crippen molar-refractivity contribution in [2.24, 2.45) is 0 Å². The largest absolute Gasteiger partial charge is 0.463 e. The highest BCUT2D eigenvalue weighted by Crippen LogP contribution is 2.55. The Balaban J connectivity index is 1.59. The highest BCUT2D eigenvalue weighted by atomic mass is 16.5. The maximum absolute atomic E-state index is 13.1. The SMILES string of the molecule is Cc1cc(C)c2c(c1)C=CC1(O2)N(C)c2ccc(C(=O)C3=CCCC=C3)cc2C1(C)C. The highest BCUT2D eigenvalue weighted by Gasteiger charge is 2.57. The van der Waals surface area contributed by atoms with Crippen LogP contribution >= 0.6 is 0 Å². The van der Waals surface area contributed by atoms with E-state index in [0.717, 1.165) is 52.1 Å². The van der Waals surface area contributed by atoms with Gasteiger partial charge in [-0.1, -0.05) is 29.9 Å². The molecule has 31 heavy (non-hydrogen) atoms. The van der Waals surface area contributed by atoms with E-state index in [4.69, 9.17) is 4.74 Å². The molecule has 0 radical (unpaired) electrons. The lowest BCUT2D eigenvalue weighted by molar-refractivity contribution is 0.0574. The molecule has 2 aliphatic heterocycles. The lowest BCUT2D eigenvalue weighted by Gasteiger charge is -2.46. The van der Waals surface area contributed by atoms with Gasteiger partial charge in [0.25, 0.3) is 0 Å². The number of carbonyl (C=O) groups excluding carboxylic acids is 1. The van der Waals surface area contributed by atoms with Crippen LogP contribution in [0.2, 0.25) is 0 Å². The molecule has 0 amide bonds. The van der Waals surface area contributed by atoms with Crippen molar-refractivity contribution >= 4 is 17.5 Å². The number of aryl methyl sites for hydroxylation is 2. The van der Waals surface area contributed by atoms with E-state index in [1.165, 1.54) is 5.56 Å². The molecule has 0 bridgehead atoms. The third-order valence-electron chi connectivity index (χ3n) is 7.14. The van der Waals surface area contributed by atoms with Crippen molar-refractivity contribution in [1.82, 2.24) is 0 Å². The van der Waals surface area contributed by atoms with Crippen LogP contribution in [0.4, 0.5) is 5.69 Å². The van der Waals surface area contributed by atoms with Crippen molar-refractivity contribution in [2.75, 3.05) is 11.9 Å². The van der Waals surface area contributed by atoms with E-state index in [9.17, 15) is 4.79 Å². The van der Waals surface area contributed by atoms with Gasteiger partial charge in [-0.2, -0.15) is 0 Å². The van der Waals surface area contributed by atoms with Crippen LogP contribution in [0.15, 0.2) is 60.2 Å². The number of rotatable bonds is 2. The maximum atomic E-state index is 13.1. The molecule has 3 nitrogen and oxygen atoms in total. The summed E-state index contributed by atoms with van der Waals surface area (Å²) in [5.41, 5.74) is 6.27. The fraction of sp³-hybridized carbons (Fsp3) is 0.321. The van der Waals surface area contributed by atoms with Gasteiger partial charge in [0.1, 0.15) is 5.75 Å². The van der Waals surface area contributed by atoms with E-state index in [0.29, 0.717) is 0 Å². The zero-order chi connectivity index (χ0) is 22.0. The molecule has 1 unspecified atom stereocenters. The first kappa shape index (κ1) is 19.9.